The van der Waals surface area contributed by atoms with Crippen molar-refractivity contribution in [2.24, 2.45) is 0 Å². The molecule has 0 amide bonds. The Kier molecular flexibility index (Phi) is 8.45. The molecule has 68 heavy (non-hydrogen) atoms. The summed E-state index contributed by atoms with van der Waals surface area (Å²) in [5.41, 5.74) is 24.6. The topological polar surface area (TPSA) is 32.8 Å². The van der Waals surface area contributed by atoms with E-state index in [1.807, 2.05) is 0 Å². The van der Waals surface area contributed by atoms with Crippen molar-refractivity contribution in [3.8, 4) is 0 Å². The first-order chi connectivity index (χ1) is 32.1. The van der Waals surface area contributed by atoms with Gasteiger partial charge in [0.15, 0.2) is 0 Å². The summed E-state index contributed by atoms with van der Waals surface area (Å²) < 4.78 is 14.5. The van der Waals surface area contributed by atoms with Gasteiger partial charge in [-0.15, -0.1) is 0 Å². The number of hydrogen-bond acceptors (Lipinski definition) is 4. The Morgan fingerprint density at radius 1 is 0.515 bits per heavy atom. The second-order valence-corrected chi connectivity index (χ2v) is 26.0. The van der Waals surface area contributed by atoms with Crippen molar-refractivity contribution in [2.75, 3.05) is 9.80 Å². The SMILES string of the molecule is Cc1cc2c3c(c1)N(c1cccc4oc5c(c14)C=CCC5)c1c(oc4cc5c(cc14)C(C)(C)CCC5(C)C)B3c1cc3c(cc1N2c1ccc2c(c1)C(C)(C)CCC2(C)C)C(C)(C)CCC3(C)C. The van der Waals surface area contributed by atoms with Gasteiger partial charge >= 0.3 is 0 Å². The van der Waals surface area contributed by atoms with E-state index in [1.165, 1.54) is 107 Å². The molecule has 0 radical (unpaired) electrons. The maximum Gasteiger partial charge on any atom is 0.297 e. The number of fused-ring (bicyclic) bond motifs is 12. The molecule has 4 nitrogen and oxygen atoms in total. The van der Waals surface area contributed by atoms with Crippen LogP contribution in [0.2, 0.25) is 0 Å². The molecule has 0 saturated carbocycles. The molecule has 4 heterocycles. The molecule has 4 aliphatic carbocycles. The van der Waals surface area contributed by atoms with Crippen LogP contribution in [0.3, 0.4) is 0 Å². The second kappa shape index (κ2) is 13.5. The van der Waals surface area contributed by atoms with Crippen molar-refractivity contribution in [1.29, 1.82) is 0 Å². The third-order valence-electron chi connectivity index (χ3n) is 18.7. The lowest BCUT2D eigenvalue weighted by atomic mass is 9.35. The van der Waals surface area contributed by atoms with Gasteiger partial charge in [-0.25, -0.2) is 0 Å². The molecule has 0 bridgehead atoms. The molecule has 13 rings (SSSR count). The van der Waals surface area contributed by atoms with Gasteiger partial charge in [0.05, 0.1) is 22.4 Å². The molecule has 6 aliphatic rings. The van der Waals surface area contributed by atoms with Gasteiger partial charge < -0.3 is 18.6 Å². The van der Waals surface area contributed by atoms with Crippen LogP contribution in [0, 0.1) is 6.92 Å². The summed E-state index contributed by atoms with van der Waals surface area (Å²) in [5.74, 6) is 1.08. The first-order valence-electron chi connectivity index (χ1n) is 26.0. The van der Waals surface area contributed by atoms with Gasteiger partial charge in [0.1, 0.15) is 16.9 Å². The highest BCUT2D eigenvalue weighted by atomic mass is 16.3. The Labute approximate surface area is 405 Å². The van der Waals surface area contributed by atoms with E-state index in [4.69, 9.17) is 8.83 Å². The van der Waals surface area contributed by atoms with Crippen molar-refractivity contribution >= 4 is 85.4 Å². The average molecular weight is 897 g/mol. The molecule has 7 aromatic rings. The smallest absolute Gasteiger partial charge is 0.297 e. The fourth-order valence-electron chi connectivity index (χ4n) is 14.1. The van der Waals surface area contributed by atoms with Crippen LogP contribution in [0.25, 0.3) is 28.0 Å². The van der Waals surface area contributed by atoms with Gasteiger partial charge in [0.25, 0.3) is 6.71 Å². The van der Waals surface area contributed by atoms with Crippen molar-refractivity contribution in [2.45, 2.75) is 174 Å². The predicted molar refractivity (Wildman–Crippen MR) is 288 cm³/mol. The largest absolute Gasteiger partial charge is 0.468 e. The molecular weight excluding hydrogens is 828 g/mol. The summed E-state index contributed by atoms with van der Waals surface area (Å²) in [6.45, 7) is 31.7. The first-order valence-corrected chi connectivity index (χ1v) is 26.0. The minimum atomic E-state index is -0.125. The van der Waals surface area contributed by atoms with Gasteiger partial charge in [0, 0.05) is 40.1 Å². The molecule has 346 valence electrons. The van der Waals surface area contributed by atoms with Gasteiger partial charge in [-0.1, -0.05) is 113 Å². The highest BCUT2D eigenvalue weighted by Gasteiger charge is 2.50. The number of allylic oxidation sites excluding steroid dienone is 1. The van der Waals surface area contributed by atoms with Gasteiger partial charge in [-0.3, -0.25) is 0 Å². The summed E-state index contributed by atoms with van der Waals surface area (Å²) in [7, 11) is 0. The minimum absolute atomic E-state index is 0.0275. The van der Waals surface area contributed by atoms with Crippen LogP contribution < -0.4 is 26.4 Å². The maximum absolute atomic E-state index is 7.72. The van der Waals surface area contributed by atoms with E-state index >= 15 is 0 Å². The van der Waals surface area contributed by atoms with E-state index in [1.54, 1.807) is 0 Å². The van der Waals surface area contributed by atoms with Crippen LogP contribution in [-0.4, -0.2) is 6.71 Å². The lowest BCUT2D eigenvalue weighted by Gasteiger charge is -2.47. The van der Waals surface area contributed by atoms with Crippen molar-refractivity contribution in [1.82, 2.24) is 0 Å². The van der Waals surface area contributed by atoms with E-state index < -0.39 is 0 Å². The highest BCUT2D eigenvalue weighted by molar-refractivity contribution is 7.00. The molecule has 2 aliphatic heterocycles. The predicted octanol–water partition coefficient (Wildman–Crippen LogP) is 15.6. The standard InChI is InChI=1S/C63H69BN2O2/c1-36-29-49-55-50(30-36)66(47-18-16-20-52-54(47)38-17-14-15-19-51(38)67-52)56-39-32-42-45(63(12,13)28-25-60(42,6)7)35-53(39)68-57(56)64(55)46-33-43-44(62(10,11)27-26-61(43,8)9)34-48(46)65(49)37-21-22-40-41(31-37)59(4,5)24-23-58(40,2)3/h14,16-18,20-22,29-35H,15,19,23-28H2,1-13H3. The zero-order valence-electron chi connectivity index (χ0n) is 43.0. The van der Waals surface area contributed by atoms with E-state index in [-0.39, 0.29) is 39.2 Å². The van der Waals surface area contributed by atoms with Crippen molar-refractivity contribution in [3.05, 3.63) is 129 Å². The molecule has 0 fully saturated rings. The third kappa shape index (κ3) is 5.74. The van der Waals surface area contributed by atoms with Crippen LogP contribution in [0.1, 0.15) is 178 Å². The summed E-state index contributed by atoms with van der Waals surface area (Å²) >= 11 is 0. The average Bonchev–Trinajstić information content (AvgIpc) is 3.86. The number of benzene rings is 5. The monoisotopic (exact) mass is 897 g/mol. The Hall–Kier alpha value is -5.42. The van der Waals surface area contributed by atoms with E-state index in [9.17, 15) is 0 Å². The molecule has 5 heteroatoms. The van der Waals surface area contributed by atoms with Crippen LogP contribution in [0.5, 0.6) is 0 Å². The molecular formula is C63H69BN2O2. The maximum atomic E-state index is 7.72. The summed E-state index contributed by atoms with van der Waals surface area (Å²) in [6, 6.07) is 29.5. The van der Waals surface area contributed by atoms with E-state index in [0.717, 1.165) is 66.8 Å². The van der Waals surface area contributed by atoms with Crippen molar-refractivity contribution < 1.29 is 8.83 Å². The third-order valence-corrected chi connectivity index (χ3v) is 18.7. The van der Waals surface area contributed by atoms with E-state index in [2.05, 4.69) is 185 Å². The van der Waals surface area contributed by atoms with Crippen LogP contribution in [-0.2, 0) is 38.9 Å². The number of hydrogen-bond donors (Lipinski definition) is 0. The van der Waals surface area contributed by atoms with Gasteiger partial charge in [-0.05, 0) is 189 Å². The molecule has 5 aromatic carbocycles. The quantitative estimate of drug-likeness (QED) is 0.162. The lowest BCUT2D eigenvalue weighted by Crippen LogP contribution is -2.61. The summed E-state index contributed by atoms with van der Waals surface area (Å²) in [5, 5.41) is 2.38. The van der Waals surface area contributed by atoms with Gasteiger partial charge in [0.2, 0.25) is 0 Å². The van der Waals surface area contributed by atoms with E-state index in [0.29, 0.717) is 0 Å². The number of furan rings is 2. The number of rotatable bonds is 2. The molecule has 0 atom stereocenters. The van der Waals surface area contributed by atoms with Crippen LogP contribution in [0.15, 0.2) is 87.7 Å². The Morgan fingerprint density at radius 2 is 1.09 bits per heavy atom. The first kappa shape index (κ1) is 42.7. The number of aryl methyl sites for hydroxylation is 2. The number of anilines is 6. The normalized spacial score (nSPS) is 21.4. The fraction of sp³-hybridized carbons (Fsp3) is 0.429. The summed E-state index contributed by atoms with van der Waals surface area (Å²) in [4.78, 5) is 5.29. The minimum Gasteiger partial charge on any atom is -0.468 e. The molecule has 0 spiro atoms. The zero-order chi connectivity index (χ0) is 47.4. The molecule has 0 unspecified atom stereocenters. The number of nitrogens with zero attached hydrogens (tertiary/aromatic N) is 2. The summed E-state index contributed by atoms with van der Waals surface area (Å²) in [6.07, 6.45) is 13.5. The zero-order valence-corrected chi connectivity index (χ0v) is 43.0. The highest BCUT2D eigenvalue weighted by Crippen LogP contribution is 2.56. The lowest BCUT2D eigenvalue weighted by molar-refractivity contribution is 0.332. The second-order valence-electron chi connectivity index (χ2n) is 26.0. The Bertz CT molecular complexity index is 3400. The van der Waals surface area contributed by atoms with Crippen LogP contribution >= 0.6 is 0 Å². The van der Waals surface area contributed by atoms with Gasteiger partial charge in [-0.2, -0.15) is 0 Å². The fourth-order valence-corrected chi connectivity index (χ4v) is 14.1. The Morgan fingerprint density at radius 3 is 1.75 bits per heavy atom. The molecule has 0 saturated heterocycles. The molecule has 0 N–H and O–H groups in total. The Balaban J connectivity index is 1.18. The molecule has 2 aromatic heterocycles. The van der Waals surface area contributed by atoms with Crippen molar-refractivity contribution in [3.63, 3.8) is 0 Å². The van der Waals surface area contributed by atoms with Crippen LogP contribution in [0.4, 0.5) is 34.1 Å².